The van der Waals surface area contributed by atoms with E-state index in [1.165, 1.54) is 28.5 Å². The number of nitrogens with zero attached hydrogens (tertiary/aromatic N) is 3. The largest absolute Gasteiger partial charge is 0.336 e. The van der Waals surface area contributed by atoms with Crippen molar-refractivity contribution in [2.24, 2.45) is 0 Å². The molecule has 1 aliphatic rings. The maximum Gasteiger partial charge on any atom is 0.266 e. The van der Waals surface area contributed by atoms with E-state index in [9.17, 15) is 9.59 Å². The zero-order valence-electron chi connectivity index (χ0n) is 16.1. The summed E-state index contributed by atoms with van der Waals surface area (Å²) in [5, 5.41) is 1.57. The van der Waals surface area contributed by atoms with Crippen molar-refractivity contribution in [2.45, 2.75) is 0 Å². The normalized spacial score (nSPS) is 13.8. The molecule has 2 aromatic carbocycles. The second-order valence-corrected chi connectivity index (χ2v) is 10.2. The minimum atomic E-state index is -0.383. The summed E-state index contributed by atoms with van der Waals surface area (Å²) < 4.78 is 0. The van der Waals surface area contributed by atoms with Crippen LogP contribution in [0.25, 0.3) is 0 Å². The van der Waals surface area contributed by atoms with Crippen molar-refractivity contribution < 1.29 is 9.59 Å². The molecule has 0 unspecified atom stereocenters. The summed E-state index contributed by atoms with van der Waals surface area (Å²) >= 11 is 21.3. The number of carbonyl (C=O) groups excluding carboxylic acids is 2. The van der Waals surface area contributed by atoms with Gasteiger partial charge in [0.2, 0.25) is 0 Å². The third-order valence-electron chi connectivity index (χ3n) is 4.64. The molecule has 0 atom stereocenters. The summed E-state index contributed by atoms with van der Waals surface area (Å²) in [6.45, 7) is 1.41. The van der Waals surface area contributed by atoms with E-state index in [0.29, 0.717) is 38.8 Å². The number of carbonyl (C=O) groups is 2. The van der Waals surface area contributed by atoms with Crippen molar-refractivity contribution >= 4 is 80.5 Å². The molecule has 2 amide bonds. The third-order valence-corrected chi connectivity index (χ3v) is 7.36. The molecular formula is C21H16Cl3N3O2S2. The van der Waals surface area contributed by atoms with E-state index in [0.717, 1.165) is 11.5 Å². The summed E-state index contributed by atoms with van der Waals surface area (Å²) in [6, 6.07) is 11.5. The minimum Gasteiger partial charge on any atom is -0.336 e. The summed E-state index contributed by atoms with van der Waals surface area (Å²) in [6.07, 6.45) is 1.52. The number of benzene rings is 2. The highest BCUT2D eigenvalue weighted by Gasteiger charge is 2.27. The van der Waals surface area contributed by atoms with Gasteiger partial charge in [-0.05, 0) is 42.5 Å². The van der Waals surface area contributed by atoms with Crippen LogP contribution in [0.15, 0.2) is 48.7 Å². The SMILES string of the molecule is O=C(c1cnc(N(C(=O)c2ccc(Cl)cc2Cl)c2ccc(Cl)cc2)s1)N1CCSCC1. The molecule has 1 saturated heterocycles. The van der Waals surface area contributed by atoms with Gasteiger partial charge >= 0.3 is 0 Å². The Hall–Kier alpha value is -1.77. The van der Waals surface area contributed by atoms with Crippen molar-refractivity contribution in [1.29, 1.82) is 0 Å². The smallest absolute Gasteiger partial charge is 0.266 e. The second-order valence-electron chi connectivity index (χ2n) is 6.65. The third kappa shape index (κ3) is 5.02. The number of thioether (sulfide) groups is 1. The van der Waals surface area contributed by atoms with Crippen LogP contribution in [0, 0.1) is 0 Å². The van der Waals surface area contributed by atoms with Gasteiger partial charge in [0, 0.05) is 34.6 Å². The molecule has 160 valence electrons. The van der Waals surface area contributed by atoms with E-state index in [-0.39, 0.29) is 22.4 Å². The maximum absolute atomic E-state index is 13.5. The summed E-state index contributed by atoms with van der Waals surface area (Å²) in [7, 11) is 0. The lowest BCUT2D eigenvalue weighted by Crippen LogP contribution is -2.37. The first kappa shape index (κ1) is 22.4. The zero-order valence-corrected chi connectivity index (χ0v) is 20.0. The topological polar surface area (TPSA) is 53.5 Å². The molecule has 1 aromatic heterocycles. The monoisotopic (exact) mass is 511 g/mol. The summed E-state index contributed by atoms with van der Waals surface area (Å²) in [4.78, 5) is 34.5. The molecule has 4 rings (SSSR count). The molecule has 3 aromatic rings. The fourth-order valence-corrected chi connectivity index (χ4v) is 5.50. The minimum absolute atomic E-state index is 0.0721. The highest BCUT2D eigenvalue weighted by Crippen LogP contribution is 2.34. The lowest BCUT2D eigenvalue weighted by atomic mass is 10.2. The molecule has 2 heterocycles. The first-order chi connectivity index (χ1) is 14.9. The number of amides is 2. The number of rotatable bonds is 4. The van der Waals surface area contributed by atoms with E-state index in [1.807, 2.05) is 16.7 Å². The standard InChI is InChI=1S/C21H16Cl3N3O2S2/c22-13-1-4-15(5-2-13)27(19(28)16-6-3-14(23)11-17(16)24)21-25-12-18(31-21)20(29)26-7-9-30-10-8-26/h1-6,11-12H,7-10H2. The van der Waals surface area contributed by atoms with Gasteiger partial charge in [-0.15, -0.1) is 0 Å². The Morgan fingerprint density at radius 1 is 0.968 bits per heavy atom. The van der Waals surface area contributed by atoms with Crippen LogP contribution >= 0.6 is 57.9 Å². The van der Waals surface area contributed by atoms with Gasteiger partial charge in [-0.25, -0.2) is 4.98 Å². The fraction of sp³-hybridized carbons (Fsp3) is 0.190. The van der Waals surface area contributed by atoms with Gasteiger partial charge in [0.1, 0.15) is 4.88 Å². The molecule has 0 saturated carbocycles. The number of aromatic nitrogens is 1. The molecular weight excluding hydrogens is 497 g/mol. The van der Waals surface area contributed by atoms with Gasteiger partial charge in [-0.2, -0.15) is 11.8 Å². The van der Waals surface area contributed by atoms with Crippen molar-refractivity contribution in [3.05, 3.63) is 74.2 Å². The van der Waals surface area contributed by atoms with E-state index < -0.39 is 0 Å². The molecule has 1 fully saturated rings. The molecule has 5 nitrogen and oxygen atoms in total. The van der Waals surface area contributed by atoms with Crippen LogP contribution < -0.4 is 4.90 Å². The van der Waals surface area contributed by atoms with Gasteiger partial charge in [0.05, 0.1) is 22.5 Å². The van der Waals surface area contributed by atoms with Crippen molar-refractivity contribution in [1.82, 2.24) is 9.88 Å². The van der Waals surface area contributed by atoms with Gasteiger partial charge in [-0.1, -0.05) is 46.1 Å². The summed E-state index contributed by atoms with van der Waals surface area (Å²) in [5.74, 6) is 1.38. The van der Waals surface area contributed by atoms with Crippen molar-refractivity contribution in [3.63, 3.8) is 0 Å². The van der Waals surface area contributed by atoms with Crippen LogP contribution in [0.1, 0.15) is 20.0 Å². The Kier molecular flexibility index (Phi) is 7.08. The summed E-state index contributed by atoms with van der Waals surface area (Å²) in [5.41, 5.74) is 0.834. The Balaban J connectivity index is 1.71. The maximum atomic E-state index is 13.5. The Morgan fingerprint density at radius 2 is 1.65 bits per heavy atom. The van der Waals surface area contributed by atoms with Crippen LogP contribution in [0.5, 0.6) is 0 Å². The predicted molar refractivity (Wildman–Crippen MR) is 130 cm³/mol. The van der Waals surface area contributed by atoms with Gasteiger partial charge in [0.15, 0.2) is 5.13 Å². The number of halogens is 3. The molecule has 0 spiro atoms. The van der Waals surface area contributed by atoms with Crippen LogP contribution in [0.3, 0.4) is 0 Å². The van der Waals surface area contributed by atoms with Crippen LogP contribution in [-0.2, 0) is 0 Å². The number of anilines is 2. The number of hydrogen-bond acceptors (Lipinski definition) is 5. The fourth-order valence-electron chi connectivity index (χ4n) is 3.08. The van der Waals surface area contributed by atoms with Crippen LogP contribution in [-0.4, -0.2) is 46.3 Å². The number of thiazole rings is 1. The molecule has 10 heteroatoms. The Labute approximate surface area is 202 Å². The molecule has 0 N–H and O–H groups in total. The quantitative estimate of drug-likeness (QED) is 0.413. The van der Waals surface area contributed by atoms with Gasteiger partial charge < -0.3 is 4.90 Å². The van der Waals surface area contributed by atoms with Crippen molar-refractivity contribution in [2.75, 3.05) is 29.5 Å². The van der Waals surface area contributed by atoms with E-state index in [4.69, 9.17) is 34.8 Å². The lowest BCUT2D eigenvalue weighted by molar-refractivity contribution is 0.0776. The Morgan fingerprint density at radius 3 is 2.32 bits per heavy atom. The van der Waals surface area contributed by atoms with Crippen LogP contribution in [0.2, 0.25) is 15.1 Å². The Bertz CT molecular complexity index is 1120. The number of hydrogen-bond donors (Lipinski definition) is 0. The predicted octanol–water partition coefficient (Wildman–Crippen LogP) is 6.27. The van der Waals surface area contributed by atoms with E-state index >= 15 is 0 Å². The van der Waals surface area contributed by atoms with Crippen molar-refractivity contribution in [3.8, 4) is 0 Å². The molecule has 0 bridgehead atoms. The second kappa shape index (κ2) is 9.79. The highest BCUT2D eigenvalue weighted by molar-refractivity contribution is 7.99. The molecule has 1 aliphatic heterocycles. The highest BCUT2D eigenvalue weighted by atomic mass is 35.5. The lowest BCUT2D eigenvalue weighted by Gasteiger charge is -2.25. The van der Waals surface area contributed by atoms with E-state index in [2.05, 4.69) is 4.98 Å². The van der Waals surface area contributed by atoms with E-state index in [1.54, 1.807) is 36.4 Å². The zero-order chi connectivity index (χ0) is 22.0. The van der Waals surface area contributed by atoms with Gasteiger partial charge in [-0.3, -0.25) is 14.5 Å². The average Bonchev–Trinajstić information content (AvgIpc) is 3.25. The van der Waals surface area contributed by atoms with Crippen LogP contribution in [0.4, 0.5) is 10.8 Å². The average molecular weight is 513 g/mol. The molecule has 31 heavy (non-hydrogen) atoms. The van der Waals surface area contributed by atoms with Gasteiger partial charge in [0.25, 0.3) is 11.8 Å². The first-order valence-electron chi connectivity index (χ1n) is 9.32. The first-order valence-corrected chi connectivity index (χ1v) is 12.4. The molecule has 0 radical (unpaired) electrons. The molecule has 0 aliphatic carbocycles.